The lowest BCUT2D eigenvalue weighted by molar-refractivity contribution is -0.168. The van der Waals surface area contributed by atoms with E-state index in [9.17, 15) is 30.7 Å². The maximum Gasteiger partial charge on any atom is 0.389 e. The first kappa shape index (κ1) is 18.4. The van der Waals surface area contributed by atoms with E-state index in [1.165, 1.54) is 0 Å². The lowest BCUT2D eigenvalue weighted by Gasteiger charge is -2.21. The Labute approximate surface area is 106 Å². The Hall–Kier alpha value is -0.570. The molecule has 0 saturated heterocycles. The van der Waals surface area contributed by atoms with Crippen LogP contribution in [0, 0.1) is 0 Å². The summed E-state index contributed by atoms with van der Waals surface area (Å²) < 4.78 is 88.9. The van der Waals surface area contributed by atoms with Crippen LogP contribution < -0.4 is 5.32 Å². The quantitative estimate of drug-likeness (QED) is 0.660. The minimum absolute atomic E-state index is 0.317. The molecule has 19 heavy (non-hydrogen) atoms. The van der Waals surface area contributed by atoms with Gasteiger partial charge in [-0.2, -0.15) is 22.0 Å². The molecule has 1 unspecified atom stereocenters. The number of nitrogens with one attached hydrogen (secondary N) is 1. The largest absolute Gasteiger partial charge is 0.389 e. The van der Waals surface area contributed by atoms with Gasteiger partial charge in [-0.1, -0.05) is 6.92 Å². The van der Waals surface area contributed by atoms with Crippen molar-refractivity contribution in [3.05, 3.63) is 0 Å². The van der Waals surface area contributed by atoms with Crippen LogP contribution in [0.1, 0.15) is 19.8 Å². The molecule has 116 valence electrons. The number of hydrogen-bond acceptors (Lipinski definition) is 2. The zero-order chi connectivity index (χ0) is 15.1. The van der Waals surface area contributed by atoms with Crippen LogP contribution in [0.5, 0.6) is 0 Å². The molecule has 0 aliphatic heterocycles. The van der Waals surface area contributed by atoms with E-state index in [0.29, 0.717) is 6.54 Å². The Morgan fingerprint density at radius 3 is 2.11 bits per heavy atom. The summed E-state index contributed by atoms with van der Waals surface area (Å²) in [4.78, 5) is 0. The molecule has 2 nitrogen and oxygen atoms in total. The number of rotatable bonds is 9. The first-order valence-electron chi connectivity index (χ1n) is 5.62. The Kier molecular flexibility index (Phi) is 7.65. The van der Waals surface area contributed by atoms with Crippen LogP contribution >= 0.6 is 0 Å². The third kappa shape index (κ3) is 9.04. The Morgan fingerprint density at radius 2 is 1.68 bits per heavy atom. The molecule has 0 saturated carbocycles. The van der Waals surface area contributed by atoms with Gasteiger partial charge in [0.05, 0.1) is 6.61 Å². The summed E-state index contributed by atoms with van der Waals surface area (Å²) in [5.41, 5.74) is 0. The number of alkyl halides is 7. The molecule has 0 fully saturated rings. The van der Waals surface area contributed by atoms with E-state index in [0.717, 1.165) is 0 Å². The monoisotopic (exact) mass is 299 g/mol. The molecule has 0 aromatic rings. The summed E-state index contributed by atoms with van der Waals surface area (Å²) in [6.45, 7) is -0.0592. The van der Waals surface area contributed by atoms with Crippen molar-refractivity contribution in [2.75, 3.05) is 19.8 Å². The Balaban J connectivity index is 4.08. The molecular formula is C10H16F7NO. The molecular weight excluding hydrogens is 283 g/mol. The molecule has 0 bridgehead atoms. The van der Waals surface area contributed by atoms with E-state index in [1.54, 1.807) is 6.92 Å². The Morgan fingerprint density at radius 1 is 1.11 bits per heavy atom. The highest BCUT2D eigenvalue weighted by atomic mass is 19.4. The van der Waals surface area contributed by atoms with Gasteiger partial charge in [-0.05, 0) is 13.0 Å². The molecule has 0 heterocycles. The summed E-state index contributed by atoms with van der Waals surface area (Å²) in [5, 5.41) is 2.61. The maximum atomic E-state index is 12.5. The topological polar surface area (TPSA) is 21.3 Å². The summed E-state index contributed by atoms with van der Waals surface area (Å²) in [6, 6.07) is -0.805. The molecule has 9 heteroatoms. The van der Waals surface area contributed by atoms with Gasteiger partial charge in [0.1, 0.15) is 6.61 Å². The van der Waals surface area contributed by atoms with E-state index in [1.807, 2.05) is 0 Å². The molecule has 0 rings (SSSR count). The summed E-state index contributed by atoms with van der Waals surface area (Å²) in [7, 11) is 0. The van der Waals surface area contributed by atoms with Crippen LogP contribution in [-0.2, 0) is 4.74 Å². The predicted octanol–water partition coefficient (Wildman–Crippen LogP) is 3.22. The van der Waals surface area contributed by atoms with E-state index < -0.39 is 44.2 Å². The molecule has 0 aliphatic rings. The standard InChI is InChI=1S/C10H16F7NO/c1-2-18-7(3-4-10(15,16)17)5-19-6-9(13,14)8(11)12/h7-8,18H,2-6H2,1H3. The van der Waals surface area contributed by atoms with Crippen LogP contribution in [0.3, 0.4) is 0 Å². The number of halogens is 7. The summed E-state index contributed by atoms with van der Waals surface area (Å²) in [5.74, 6) is -4.29. The minimum atomic E-state index is -4.36. The van der Waals surface area contributed by atoms with Crippen molar-refractivity contribution in [3.8, 4) is 0 Å². The predicted molar refractivity (Wildman–Crippen MR) is 54.5 cm³/mol. The normalized spacial score (nSPS) is 15.0. The molecule has 0 aromatic heterocycles. The van der Waals surface area contributed by atoms with Gasteiger partial charge in [-0.25, -0.2) is 8.78 Å². The molecule has 0 aliphatic carbocycles. The lowest BCUT2D eigenvalue weighted by atomic mass is 10.1. The van der Waals surface area contributed by atoms with Gasteiger partial charge < -0.3 is 10.1 Å². The van der Waals surface area contributed by atoms with Crippen molar-refractivity contribution in [2.45, 2.75) is 44.3 Å². The molecule has 0 radical (unpaired) electrons. The number of likely N-dealkylation sites (N-methyl/N-ethyl adjacent to an activating group) is 1. The summed E-state index contributed by atoms with van der Waals surface area (Å²) in [6.07, 6.45) is -9.68. The van der Waals surface area contributed by atoms with Crippen molar-refractivity contribution in [3.63, 3.8) is 0 Å². The molecule has 0 amide bonds. The fraction of sp³-hybridized carbons (Fsp3) is 1.00. The fourth-order valence-electron chi connectivity index (χ4n) is 1.27. The molecule has 1 atom stereocenters. The van der Waals surface area contributed by atoms with Crippen LogP contribution in [0.4, 0.5) is 30.7 Å². The highest BCUT2D eigenvalue weighted by Gasteiger charge is 2.41. The maximum absolute atomic E-state index is 12.5. The molecule has 0 aromatic carbocycles. The van der Waals surface area contributed by atoms with E-state index in [4.69, 9.17) is 0 Å². The van der Waals surface area contributed by atoms with Crippen LogP contribution in [0.15, 0.2) is 0 Å². The van der Waals surface area contributed by atoms with Crippen LogP contribution in [0.2, 0.25) is 0 Å². The number of ether oxygens (including phenoxy) is 1. The van der Waals surface area contributed by atoms with Crippen molar-refractivity contribution in [1.29, 1.82) is 0 Å². The van der Waals surface area contributed by atoms with E-state index in [-0.39, 0.29) is 6.42 Å². The van der Waals surface area contributed by atoms with Gasteiger partial charge in [0.2, 0.25) is 0 Å². The number of hydrogen-bond donors (Lipinski definition) is 1. The van der Waals surface area contributed by atoms with Gasteiger partial charge in [0.25, 0.3) is 0 Å². The fourth-order valence-corrected chi connectivity index (χ4v) is 1.27. The van der Waals surface area contributed by atoms with Gasteiger partial charge >= 0.3 is 18.5 Å². The molecule has 0 spiro atoms. The summed E-state index contributed by atoms with van der Waals surface area (Å²) >= 11 is 0. The average molecular weight is 299 g/mol. The Bertz CT molecular complexity index is 245. The smallest absolute Gasteiger partial charge is 0.373 e. The van der Waals surface area contributed by atoms with E-state index in [2.05, 4.69) is 10.1 Å². The first-order chi connectivity index (χ1) is 8.58. The third-order valence-electron chi connectivity index (χ3n) is 2.20. The third-order valence-corrected chi connectivity index (χ3v) is 2.20. The average Bonchev–Trinajstić information content (AvgIpc) is 2.24. The van der Waals surface area contributed by atoms with Gasteiger partial charge in [0.15, 0.2) is 0 Å². The van der Waals surface area contributed by atoms with Gasteiger partial charge in [-0.15, -0.1) is 0 Å². The zero-order valence-corrected chi connectivity index (χ0v) is 10.2. The van der Waals surface area contributed by atoms with Crippen LogP contribution in [-0.4, -0.2) is 44.3 Å². The van der Waals surface area contributed by atoms with Crippen molar-refractivity contribution < 1.29 is 35.5 Å². The lowest BCUT2D eigenvalue weighted by Crippen LogP contribution is -2.38. The van der Waals surface area contributed by atoms with Crippen LogP contribution in [0.25, 0.3) is 0 Å². The van der Waals surface area contributed by atoms with Gasteiger partial charge in [-0.3, -0.25) is 0 Å². The van der Waals surface area contributed by atoms with Crippen molar-refractivity contribution in [2.24, 2.45) is 0 Å². The first-order valence-corrected chi connectivity index (χ1v) is 5.62. The molecule has 1 N–H and O–H groups in total. The second-order valence-electron chi connectivity index (χ2n) is 3.99. The second kappa shape index (κ2) is 7.88. The SMILES string of the molecule is CCNC(CCC(F)(F)F)COCC(F)(F)C(F)F. The highest BCUT2D eigenvalue weighted by molar-refractivity contribution is 4.71. The van der Waals surface area contributed by atoms with Crippen molar-refractivity contribution in [1.82, 2.24) is 5.32 Å². The zero-order valence-electron chi connectivity index (χ0n) is 10.2. The van der Waals surface area contributed by atoms with E-state index >= 15 is 0 Å². The van der Waals surface area contributed by atoms with Crippen molar-refractivity contribution >= 4 is 0 Å². The second-order valence-corrected chi connectivity index (χ2v) is 3.99. The van der Waals surface area contributed by atoms with Gasteiger partial charge in [0, 0.05) is 12.5 Å². The highest BCUT2D eigenvalue weighted by Crippen LogP contribution is 2.24. The minimum Gasteiger partial charge on any atom is -0.373 e.